The summed E-state index contributed by atoms with van der Waals surface area (Å²) in [5, 5.41) is 12.8. The lowest BCUT2D eigenvalue weighted by Crippen LogP contribution is -2.33. The molecular formula is C13H13BrN2O2. The van der Waals surface area contributed by atoms with Crippen molar-refractivity contribution >= 4 is 32.8 Å². The monoisotopic (exact) mass is 308 g/mol. The molecule has 18 heavy (non-hydrogen) atoms. The van der Waals surface area contributed by atoms with Crippen molar-refractivity contribution < 1.29 is 9.90 Å². The van der Waals surface area contributed by atoms with E-state index in [0.717, 1.165) is 20.9 Å². The number of aromatic nitrogens is 1. The fourth-order valence-corrected chi connectivity index (χ4v) is 2.14. The zero-order valence-corrected chi connectivity index (χ0v) is 11.4. The first kappa shape index (κ1) is 13.0. The van der Waals surface area contributed by atoms with Gasteiger partial charge in [-0.2, -0.15) is 0 Å². The third-order valence-corrected chi connectivity index (χ3v) is 3.46. The van der Waals surface area contributed by atoms with E-state index in [1.54, 1.807) is 13.1 Å². The van der Waals surface area contributed by atoms with Crippen LogP contribution < -0.4 is 5.32 Å². The Hall–Kier alpha value is -1.46. The predicted molar refractivity (Wildman–Crippen MR) is 73.4 cm³/mol. The molecule has 1 heterocycles. The lowest BCUT2D eigenvalue weighted by Gasteiger charge is -2.11. The van der Waals surface area contributed by atoms with Crippen LogP contribution in [0.3, 0.4) is 0 Å². The smallest absolute Gasteiger partial charge is 0.320 e. The lowest BCUT2D eigenvalue weighted by atomic mass is 10.1. The number of nitrogens with zero attached hydrogens (tertiary/aromatic N) is 1. The molecule has 2 rings (SSSR count). The fourth-order valence-electron chi connectivity index (χ4n) is 1.69. The molecule has 0 bridgehead atoms. The van der Waals surface area contributed by atoms with Gasteiger partial charge in [-0.05, 0) is 24.6 Å². The number of fused-ring (bicyclic) bond motifs is 1. The molecule has 94 valence electrons. The maximum atomic E-state index is 10.8. The summed E-state index contributed by atoms with van der Waals surface area (Å²) >= 11 is 3.48. The Morgan fingerprint density at radius 1 is 1.50 bits per heavy atom. The van der Waals surface area contributed by atoms with Gasteiger partial charge in [0.15, 0.2) is 0 Å². The van der Waals surface area contributed by atoms with E-state index in [9.17, 15) is 4.79 Å². The summed E-state index contributed by atoms with van der Waals surface area (Å²) in [6.45, 7) is 2.10. The van der Waals surface area contributed by atoms with E-state index < -0.39 is 12.0 Å². The molecular weight excluding hydrogens is 296 g/mol. The maximum Gasteiger partial charge on any atom is 0.320 e. The highest BCUT2D eigenvalue weighted by Crippen LogP contribution is 2.25. The summed E-state index contributed by atoms with van der Waals surface area (Å²) in [4.78, 5) is 15.1. The zero-order valence-electron chi connectivity index (χ0n) is 9.85. The van der Waals surface area contributed by atoms with Gasteiger partial charge < -0.3 is 10.4 Å². The Kier molecular flexibility index (Phi) is 3.93. The summed E-state index contributed by atoms with van der Waals surface area (Å²) in [5.74, 6) is -0.857. The largest absolute Gasteiger partial charge is 0.480 e. The minimum absolute atomic E-state index is 0.480. The molecule has 1 atom stereocenters. The van der Waals surface area contributed by atoms with Gasteiger partial charge in [0, 0.05) is 22.6 Å². The highest BCUT2D eigenvalue weighted by molar-refractivity contribution is 9.10. The van der Waals surface area contributed by atoms with Gasteiger partial charge in [0.05, 0.1) is 5.52 Å². The summed E-state index contributed by atoms with van der Waals surface area (Å²) in [6, 6.07) is 7.18. The second-order valence-electron chi connectivity index (χ2n) is 4.05. The van der Waals surface area contributed by atoms with Crippen molar-refractivity contribution in [3.8, 4) is 0 Å². The van der Waals surface area contributed by atoms with Gasteiger partial charge in [-0.3, -0.25) is 9.78 Å². The number of pyridine rings is 1. The molecule has 0 spiro atoms. The van der Waals surface area contributed by atoms with Gasteiger partial charge in [-0.1, -0.05) is 28.1 Å². The van der Waals surface area contributed by atoms with Gasteiger partial charge in [0.25, 0.3) is 0 Å². The molecule has 0 amide bonds. The Morgan fingerprint density at radius 2 is 2.28 bits per heavy atom. The number of rotatable bonds is 4. The van der Waals surface area contributed by atoms with Crippen molar-refractivity contribution in [2.75, 3.05) is 0 Å². The van der Waals surface area contributed by atoms with Crippen molar-refractivity contribution in [1.82, 2.24) is 10.3 Å². The molecule has 1 unspecified atom stereocenters. The highest BCUT2D eigenvalue weighted by Gasteiger charge is 2.11. The molecule has 0 fully saturated rings. The van der Waals surface area contributed by atoms with E-state index in [-0.39, 0.29) is 0 Å². The van der Waals surface area contributed by atoms with E-state index in [4.69, 9.17) is 5.11 Å². The number of halogens is 1. The molecule has 1 aromatic carbocycles. The van der Waals surface area contributed by atoms with Crippen molar-refractivity contribution in [1.29, 1.82) is 0 Å². The molecule has 4 nitrogen and oxygen atoms in total. The van der Waals surface area contributed by atoms with Crippen LogP contribution in [0, 0.1) is 0 Å². The van der Waals surface area contributed by atoms with Crippen molar-refractivity contribution in [2.45, 2.75) is 19.5 Å². The molecule has 2 aromatic rings. The van der Waals surface area contributed by atoms with Crippen LogP contribution in [-0.4, -0.2) is 22.1 Å². The Bertz CT molecular complexity index is 586. The van der Waals surface area contributed by atoms with Crippen LogP contribution in [-0.2, 0) is 11.3 Å². The third kappa shape index (κ3) is 2.68. The summed E-state index contributed by atoms with van der Waals surface area (Å²) in [5.41, 5.74) is 1.87. The standard InChI is InChI=1S/C13H13BrN2O2/c1-8(13(17)18)16-7-9-4-5-11(14)10-3-2-6-15-12(9)10/h2-6,8,16H,7H2,1H3,(H,17,18). The third-order valence-electron chi connectivity index (χ3n) is 2.77. The fraction of sp³-hybridized carbons (Fsp3) is 0.231. The zero-order chi connectivity index (χ0) is 13.1. The number of hydrogen-bond acceptors (Lipinski definition) is 3. The average Bonchev–Trinajstić information content (AvgIpc) is 2.38. The first-order valence-electron chi connectivity index (χ1n) is 5.58. The Labute approximate surface area is 113 Å². The number of aliphatic carboxylic acids is 1. The SMILES string of the molecule is CC(NCc1ccc(Br)c2cccnc12)C(=O)O. The first-order chi connectivity index (χ1) is 8.59. The minimum Gasteiger partial charge on any atom is -0.480 e. The van der Waals surface area contributed by atoms with Gasteiger partial charge in [-0.15, -0.1) is 0 Å². The second-order valence-corrected chi connectivity index (χ2v) is 4.90. The number of benzene rings is 1. The van der Waals surface area contributed by atoms with Crippen molar-refractivity contribution in [3.63, 3.8) is 0 Å². The van der Waals surface area contributed by atoms with E-state index in [2.05, 4.69) is 26.2 Å². The number of nitrogens with one attached hydrogen (secondary N) is 1. The molecule has 2 N–H and O–H groups in total. The van der Waals surface area contributed by atoms with Crippen LogP contribution in [0.15, 0.2) is 34.9 Å². The second kappa shape index (κ2) is 5.46. The summed E-state index contributed by atoms with van der Waals surface area (Å²) in [7, 11) is 0. The molecule has 0 radical (unpaired) electrons. The number of carbonyl (C=O) groups is 1. The van der Waals surface area contributed by atoms with Gasteiger partial charge >= 0.3 is 5.97 Å². The Morgan fingerprint density at radius 3 is 3.00 bits per heavy atom. The van der Waals surface area contributed by atoms with Crippen LogP contribution in [0.1, 0.15) is 12.5 Å². The van der Waals surface area contributed by atoms with Crippen molar-refractivity contribution in [2.24, 2.45) is 0 Å². The van der Waals surface area contributed by atoms with Crippen LogP contribution >= 0.6 is 15.9 Å². The van der Waals surface area contributed by atoms with Crippen LogP contribution in [0.4, 0.5) is 0 Å². The molecule has 0 aliphatic heterocycles. The number of hydrogen-bond donors (Lipinski definition) is 2. The van der Waals surface area contributed by atoms with Gasteiger partial charge in [0.1, 0.15) is 6.04 Å². The van der Waals surface area contributed by atoms with Crippen LogP contribution in [0.2, 0.25) is 0 Å². The summed E-state index contributed by atoms with van der Waals surface area (Å²) < 4.78 is 0.987. The molecule has 1 aromatic heterocycles. The van der Waals surface area contributed by atoms with E-state index in [0.29, 0.717) is 6.54 Å². The summed E-state index contributed by atoms with van der Waals surface area (Å²) in [6.07, 6.45) is 1.74. The molecule has 0 aliphatic rings. The number of carboxylic acid groups (broad SMARTS) is 1. The van der Waals surface area contributed by atoms with E-state index in [1.807, 2.05) is 24.3 Å². The minimum atomic E-state index is -0.857. The molecule has 0 saturated carbocycles. The average molecular weight is 309 g/mol. The highest BCUT2D eigenvalue weighted by atomic mass is 79.9. The first-order valence-corrected chi connectivity index (χ1v) is 6.37. The molecule has 0 aliphatic carbocycles. The Balaban J connectivity index is 2.29. The van der Waals surface area contributed by atoms with Crippen LogP contribution in [0.25, 0.3) is 10.9 Å². The quantitative estimate of drug-likeness (QED) is 0.911. The predicted octanol–water partition coefficient (Wildman–Crippen LogP) is 2.56. The normalized spacial score (nSPS) is 12.6. The van der Waals surface area contributed by atoms with E-state index in [1.165, 1.54) is 0 Å². The van der Waals surface area contributed by atoms with E-state index >= 15 is 0 Å². The lowest BCUT2D eigenvalue weighted by molar-refractivity contribution is -0.139. The molecule has 5 heteroatoms. The topological polar surface area (TPSA) is 62.2 Å². The van der Waals surface area contributed by atoms with Gasteiger partial charge in [-0.25, -0.2) is 0 Å². The maximum absolute atomic E-state index is 10.8. The van der Waals surface area contributed by atoms with Crippen molar-refractivity contribution in [3.05, 3.63) is 40.5 Å². The van der Waals surface area contributed by atoms with Gasteiger partial charge in [0.2, 0.25) is 0 Å². The number of carboxylic acids is 1. The molecule has 0 saturated heterocycles. The van der Waals surface area contributed by atoms with Crippen LogP contribution in [0.5, 0.6) is 0 Å².